The van der Waals surface area contributed by atoms with E-state index in [0.29, 0.717) is 22.5 Å². The molecule has 0 aliphatic rings. The Labute approximate surface area is 139 Å². The third-order valence-corrected chi connectivity index (χ3v) is 3.55. The van der Waals surface area contributed by atoms with Crippen LogP contribution in [0.15, 0.2) is 62.4 Å². The van der Waals surface area contributed by atoms with Gasteiger partial charge in [0.15, 0.2) is 0 Å². The van der Waals surface area contributed by atoms with Crippen LogP contribution in [0.1, 0.15) is 6.92 Å². The van der Waals surface area contributed by atoms with E-state index in [2.05, 4.69) is 15.9 Å². The van der Waals surface area contributed by atoms with Crippen LogP contribution in [0.2, 0.25) is 0 Å². The average Bonchev–Trinajstić information content (AvgIpc) is 2.51. The van der Waals surface area contributed by atoms with Crippen molar-refractivity contribution in [3.05, 3.63) is 63.4 Å². The number of esters is 1. The molecule has 5 nitrogen and oxygen atoms in total. The molecule has 0 aliphatic heterocycles. The first-order valence-electron chi connectivity index (χ1n) is 6.70. The van der Waals surface area contributed by atoms with E-state index >= 15 is 0 Å². The highest BCUT2D eigenvalue weighted by molar-refractivity contribution is 9.10. The molecule has 2 aromatic carbocycles. The van der Waals surface area contributed by atoms with Crippen LogP contribution in [0.25, 0.3) is 11.0 Å². The van der Waals surface area contributed by atoms with Crippen LogP contribution in [0.3, 0.4) is 0 Å². The minimum atomic E-state index is -0.443. The van der Waals surface area contributed by atoms with E-state index in [0.717, 1.165) is 4.47 Å². The van der Waals surface area contributed by atoms with Gasteiger partial charge in [0.25, 0.3) is 0 Å². The molecule has 0 unspecified atom stereocenters. The van der Waals surface area contributed by atoms with E-state index in [1.807, 2.05) is 12.1 Å². The quantitative estimate of drug-likeness (QED) is 0.505. The van der Waals surface area contributed by atoms with Crippen molar-refractivity contribution >= 4 is 32.9 Å². The van der Waals surface area contributed by atoms with Gasteiger partial charge in [0.05, 0.1) is 5.39 Å². The third-order valence-electron chi connectivity index (χ3n) is 3.02. The second-order valence-electron chi connectivity index (χ2n) is 4.74. The maximum Gasteiger partial charge on any atom is 0.308 e. The molecule has 0 atom stereocenters. The topological polar surface area (TPSA) is 65.7 Å². The van der Waals surface area contributed by atoms with Gasteiger partial charge in [-0.25, -0.2) is 0 Å². The lowest BCUT2D eigenvalue weighted by Crippen LogP contribution is -2.06. The summed E-state index contributed by atoms with van der Waals surface area (Å²) in [7, 11) is 0. The van der Waals surface area contributed by atoms with Crippen LogP contribution in [0.4, 0.5) is 0 Å². The van der Waals surface area contributed by atoms with Gasteiger partial charge in [-0.15, -0.1) is 0 Å². The molecule has 0 spiro atoms. The molecule has 23 heavy (non-hydrogen) atoms. The van der Waals surface area contributed by atoms with Crippen molar-refractivity contribution < 1.29 is 18.7 Å². The Morgan fingerprint density at radius 1 is 1.09 bits per heavy atom. The van der Waals surface area contributed by atoms with Gasteiger partial charge in [-0.1, -0.05) is 15.9 Å². The third kappa shape index (κ3) is 3.43. The molecule has 0 fully saturated rings. The second-order valence-corrected chi connectivity index (χ2v) is 5.65. The average molecular weight is 375 g/mol. The molecule has 0 radical (unpaired) electrons. The first kappa shape index (κ1) is 15.3. The van der Waals surface area contributed by atoms with E-state index in [1.165, 1.54) is 31.4 Å². The van der Waals surface area contributed by atoms with Crippen LogP contribution >= 0.6 is 15.9 Å². The summed E-state index contributed by atoms with van der Waals surface area (Å²) >= 11 is 3.33. The zero-order valence-corrected chi connectivity index (χ0v) is 13.6. The predicted octanol–water partition coefficient (Wildman–Crippen LogP) is 4.27. The molecule has 0 saturated carbocycles. The van der Waals surface area contributed by atoms with Crippen molar-refractivity contribution in [1.82, 2.24) is 0 Å². The number of fused-ring (bicyclic) bond motifs is 1. The Kier molecular flexibility index (Phi) is 4.16. The predicted molar refractivity (Wildman–Crippen MR) is 88.0 cm³/mol. The normalized spacial score (nSPS) is 10.5. The van der Waals surface area contributed by atoms with Crippen molar-refractivity contribution in [2.45, 2.75) is 6.92 Å². The van der Waals surface area contributed by atoms with Gasteiger partial charge < -0.3 is 13.9 Å². The Bertz CT molecular complexity index is 928. The molecular formula is C17H11BrO5. The van der Waals surface area contributed by atoms with Gasteiger partial charge in [0, 0.05) is 17.5 Å². The van der Waals surface area contributed by atoms with Crippen molar-refractivity contribution in [2.24, 2.45) is 0 Å². The number of halogens is 1. The molecular weight excluding hydrogens is 364 g/mol. The summed E-state index contributed by atoms with van der Waals surface area (Å²) in [6.07, 6.45) is 1.24. The van der Waals surface area contributed by atoms with Crippen molar-refractivity contribution in [2.75, 3.05) is 0 Å². The van der Waals surface area contributed by atoms with E-state index in [1.54, 1.807) is 12.1 Å². The molecule has 0 amide bonds. The monoisotopic (exact) mass is 374 g/mol. The summed E-state index contributed by atoms with van der Waals surface area (Å²) in [6, 6.07) is 11.6. The molecule has 1 aromatic heterocycles. The Morgan fingerprint density at radius 3 is 2.48 bits per heavy atom. The highest BCUT2D eigenvalue weighted by Gasteiger charge is 2.11. The van der Waals surface area contributed by atoms with E-state index in [4.69, 9.17) is 13.9 Å². The molecule has 0 saturated heterocycles. The fourth-order valence-corrected chi connectivity index (χ4v) is 2.28. The van der Waals surface area contributed by atoms with Crippen LogP contribution in [0, 0.1) is 0 Å². The van der Waals surface area contributed by atoms with Crippen molar-refractivity contribution in [1.29, 1.82) is 0 Å². The van der Waals surface area contributed by atoms with Crippen LogP contribution < -0.4 is 14.9 Å². The summed E-state index contributed by atoms with van der Waals surface area (Å²) in [5, 5.41) is 0.343. The summed E-state index contributed by atoms with van der Waals surface area (Å²) in [6.45, 7) is 1.30. The first-order chi connectivity index (χ1) is 11.0. The van der Waals surface area contributed by atoms with E-state index in [9.17, 15) is 9.59 Å². The lowest BCUT2D eigenvalue weighted by atomic mass is 10.2. The van der Waals surface area contributed by atoms with Gasteiger partial charge in [0.2, 0.25) is 11.2 Å². The Morgan fingerprint density at radius 2 is 1.78 bits per heavy atom. The summed E-state index contributed by atoms with van der Waals surface area (Å²) in [5.74, 6) is 0.480. The molecule has 1 heterocycles. The largest absolute Gasteiger partial charge is 0.460 e. The van der Waals surface area contributed by atoms with Gasteiger partial charge in [0.1, 0.15) is 23.3 Å². The maximum atomic E-state index is 12.4. The number of benzene rings is 2. The number of hydrogen-bond donors (Lipinski definition) is 0. The summed E-state index contributed by atoms with van der Waals surface area (Å²) in [5.41, 5.74) is 0.0143. The van der Waals surface area contributed by atoms with Crippen molar-refractivity contribution in [3.63, 3.8) is 0 Å². The van der Waals surface area contributed by atoms with Crippen molar-refractivity contribution in [3.8, 4) is 17.2 Å². The molecule has 3 rings (SSSR count). The second kappa shape index (κ2) is 6.26. The number of ether oxygens (including phenoxy) is 2. The number of rotatable bonds is 3. The highest BCUT2D eigenvalue weighted by atomic mass is 79.9. The van der Waals surface area contributed by atoms with Crippen LogP contribution in [0.5, 0.6) is 17.2 Å². The zero-order valence-electron chi connectivity index (χ0n) is 12.0. The van der Waals surface area contributed by atoms with Gasteiger partial charge in [-0.3, -0.25) is 9.59 Å². The fraction of sp³-hybridized carbons (Fsp3) is 0.0588. The smallest absolute Gasteiger partial charge is 0.308 e. The van der Waals surface area contributed by atoms with Crippen LogP contribution in [-0.4, -0.2) is 5.97 Å². The maximum absolute atomic E-state index is 12.4. The van der Waals surface area contributed by atoms with Gasteiger partial charge in [-0.05, 0) is 36.4 Å². The summed E-state index contributed by atoms with van der Waals surface area (Å²) in [4.78, 5) is 23.4. The molecule has 0 N–H and O–H groups in total. The minimum absolute atomic E-state index is 0.0834. The SMILES string of the molecule is CC(=O)Oc1ccc2c(=O)c(Oc3ccc(Br)cc3)coc2c1. The molecule has 6 heteroatoms. The molecule has 0 aliphatic carbocycles. The number of hydrogen-bond acceptors (Lipinski definition) is 5. The van der Waals surface area contributed by atoms with Crippen LogP contribution in [-0.2, 0) is 4.79 Å². The summed E-state index contributed by atoms with van der Waals surface area (Å²) < 4.78 is 16.8. The molecule has 3 aromatic rings. The highest BCUT2D eigenvalue weighted by Crippen LogP contribution is 2.25. The lowest BCUT2D eigenvalue weighted by Gasteiger charge is -2.06. The first-order valence-corrected chi connectivity index (χ1v) is 7.49. The number of carbonyl (C=O) groups is 1. The van der Waals surface area contributed by atoms with E-state index < -0.39 is 5.97 Å². The lowest BCUT2D eigenvalue weighted by molar-refractivity contribution is -0.131. The Hall–Kier alpha value is -2.60. The standard InChI is InChI=1S/C17H11BrO5/c1-10(19)22-13-6-7-14-15(8-13)21-9-16(17(14)20)23-12-4-2-11(18)3-5-12/h2-9H,1H3. The molecule has 116 valence electrons. The number of carbonyl (C=O) groups excluding carboxylic acids is 1. The molecule has 0 bridgehead atoms. The Balaban J connectivity index is 1.97. The van der Waals surface area contributed by atoms with Gasteiger partial charge in [-0.2, -0.15) is 0 Å². The zero-order chi connectivity index (χ0) is 16.4. The van der Waals surface area contributed by atoms with E-state index in [-0.39, 0.29) is 11.2 Å². The minimum Gasteiger partial charge on any atom is -0.460 e. The fourth-order valence-electron chi connectivity index (χ4n) is 2.02. The van der Waals surface area contributed by atoms with Gasteiger partial charge >= 0.3 is 5.97 Å².